The molecular weight excluding hydrogens is 298 g/mol. The van der Waals surface area contributed by atoms with Gasteiger partial charge in [-0.15, -0.1) is 0 Å². The molecule has 0 radical (unpaired) electrons. The lowest BCUT2D eigenvalue weighted by molar-refractivity contribution is -0.138. The Hall–Kier alpha value is -1.55. The Kier molecular flexibility index (Phi) is 4.03. The number of nitrogens with two attached hydrogens (primary N) is 1. The third-order valence-electron chi connectivity index (χ3n) is 6.77. The van der Waals surface area contributed by atoms with Gasteiger partial charge in [-0.25, -0.2) is 0 Å². The van der Waals surface area contributed by atoms with E-state index in [0.29, 0.717) is 17.7 Å². The summed E-state index contributed by atoms with van der Waals surface area (Å²) in [5, 5.41) is 0. The van der Waals surface area contributed by atoms with Gasteiger partial charge in [0.15, 0.2) is 0 Å². The number of nitrogens with zero attached hydrogens (tertiary/aromatic N) is 2. The van der Waals surface area contributed by atoms with Gasteiger partial charge in [-0.2, -0.15) is 0 Å². The van der Waals surface area contributed by atoms with Gasteiger partial charge in [0.1, 0.15) is 0 Å². The molecule has 2 N–H and O–H groups in total. The molecule has 2 saturated carbocycles. The number of aryl methyl sites for hydroxylation is 1. The molecule has 1 heterocycles. The molecule has 0 spiro atoms. The number of hydrogen-bond donors (Lipinski definition) is 1. The second-order valence-electron chi connectivity index (χ2n) is 7.97. The zero-order valence-corrected chi connectivity index (χ0v) is 14.9. The number of piperazine rings is 1. The Labute approximate surface area is 145 Å². The lowest BCUT2D eigenvalue weighted by atomic mass is 9.84. The van der Waals surface area contributed by atoms with Crippen molar-refractivity contribution in [3.05, 3.63) is 29.3 Å². The summed E-state index contributed by atoms with van der Waals surface area (Å²) in [6, 6.07) is 6.60. The van der Waals surface area contributed by atoms with Crippen LogP contribution < -0.4 is 10.6 Å². The number of hydrogen-bond acceptors (Lipinski definition) is 3. The van der Waals surface area contributed by atoms with Gasteiger partial charge in [0, 0.05) is 37.9 Å². The lowest BCUT2D eigenvalue weighted by Crippen LogP contribution is -2.54. The highest BCUT2D eigenvalue weighted by Crippen LogP contribution is 2.48. The minimum atomic E-state index is 0.0935. The summed E-state index contributed by atoms with van der Waals surface area (Å²) >= 11 is 0. The maximum absolute atomic E-state index is 13.0. The maximum Gasteiger partial charge on any atom is 0.227 e. The van der Waals surface area contributed by atoms with Crippen LogP contribution in [0.5, 0.6) is 0 Å². The van der Waals surface area contributed by atoms with Crippen LogP contribution in [0.4, 0.5) is 5.69 Å². The first-order valence-corrected chi connectivity index (χ1v) is 9.42. The SMILES string of the molecule is Cc1cccc(N2CCN(C(=O)C3C4CCC(C4)C3N)CC2)c1C. The Balaban J connectivity index is 1.41. The van der Waals surface area contributed by atoms with Gasteiger partial charge in [-0.1, -0.05) is 12.1 Å². The highest BCUT2D eigenvalue weighted by molar-refractivity contribution is 5.81. The van der Waals surface area contributed by atoms with E-state index in [4.69, 9.17) is 5.73 Å². The molecule has 4 nitrogen and oxygen atoms in total. The lowest BCUT2D eigenvalue weighted by Gasteiger charge is -2.40. The van der Waals surface area contributed by atoms with Crippen molar-refractivity contribution in [2.75, 3.05) is 31.1 Å². The van der Waals surface area contributed by atoms with Gasteiger partial charge in [0.05, 0.1) is 5.92 Å². The van der Waals surface area contributed by atoms with E-state index in [2.05, 4.69) is 41.8 Å². The molecule has 1 aliphatic heterocycles. The summed E-state index contributed by atoms with van der Waals surface area (Å²) < 4.78 is 0. The van der Waals surface area contributed by atoms with Gasteiger partial charge in [0.2, 0.25) is 5.91 Å². The molecular formula is C20H29N3O. The first-order valence-electron chi connectivity index (χ1n) is 9.42. The first-order chi connectivity index (χ1) is 11.6. The minimum Gasteiger partial charge on any atom is -0.368 e. The zero-order valence-electron chi connectivity index (χ0n) is 14.9. The van der Waals surface area contributed by atoms with E-state index in [9.17, 15) is 4.79 Å². The molecule has 4 heteroatoms. The van der Waals surface area contributed by atoms with E-state index in [1.54, 1.807) is 0 Å². The summed E-state index contributed by atoms with van der Waals surface area (Å²) in [6.07, 6.45) is 3.62. The summed E-state index contributed by atoms with van der Waals surface area (Å²) in [5.74, 6) is 1.57. The summed E-state index contributed by atoms with van der Waals surface area (Å²) in [4.78, 5) is 17.5. The monoisotopic (exact) mass is 327 g/mol. The smallest absolute Gasteiger partial charge is 0.227 e. The normalized spacial score (nSPS) is 32.5. The molecule has 1 saturated heterocycles. The van der Waals surface area contributed by atoms with Crippen LogP contribution in [0.15, 0.2) is 18.2 Å². The van der Waals surface area contributed by atoms with Gasteiger partial charge in [-0.05, 0) is 62.1 Å². The van der Waals surface area contributed by atoms with Crippen molar-refractivity contribution in [3.63, 3.8) is 0 Å². The van der Waals surface area contributed by atoms with Crippen LogP contribution in [0.1, 0.15) is 30.4 Å². The van der Waals surface area contributed by atoms with E-state index in [-0.39, 0.29) is 12.0 Å². The Morgan fingerprint density at radius 2 is 1.79 bits per heavy atom. The average Bonchev–Trinajstić information content (AvgIpc) is 3.18. The zero-order chi connectivity index (χ0) is 16.8. The molecule has 24 heavy (non-hydrogen) atoms. The quantitative estimate of drug-likeness (QED) is 0.907. The number of rotatable bonds is 2. The molecule has 1 amide bonds. The van der Waals surface area contributed by atoms with Crippen molar-refractivity contribution in [2.24, 2.45) is 23.5 Å². The Bertz CT molecular complexity index is 634. The van der Waals surface area contributed by atoms with Crippen LogP contribution in [-0.2, 0) is 4.79 Å². The van der Waals surface area contributed by atoms with Gasteiger partial charge in [0.25, 0.3) is 0 Å². The fourth-order valence-electron chi connectivity index (χ4n) is 5.16. The predicted molar refractivity (Wildman–Crippen MR) is 97.0 cm³/mol. The molecule has 0 aromatic heterocycles. The Morgan fingerprint density at radius 3 is 2.46 bits per heavy atom. The van der Waals surface area contributed by atoms with Crippen molar-refractivity contribution in [1.29, 1.82) is 0 Å². The van der Waals surface area contributed by atoms with Crippen LogP contribution in [0.3, 0.4) is 0 Å². The molecule has 3 fully saturated rings. The third-order valence-corrected chi connectivity index (χ3v) is 6.77. The van der Waals surface area contributed by atoms with E-state index < -0.39 is 0 Å². The van der Waals surface area contributed by atoms with Crippen LogP contribution in [0, 0.1) is 31.6 Å². The minimum absolute atomic E-state index is 0.0935. The number of benzene rings is 1. The number of carbonyl (C=O) groups excluding carboxylic acids is 1. The second kappa shape index (κ2) is 6.07. The van der Waals surface area contributed by atoms with Crippen molar-refractivity contribution >= 4 is 11.6 Å². The molecule has 1 aromatic carbocycles. The number of fused-ring (bicyclic) bond motifs is 2. The molecule has 4 atom stereocenters. The highest BCUT2D eigenvalue weighted by atomic mass is 16.2. The molecule has 130 valence electrons. The third kappa shape index (κ3) is 2.52. The molecule has 4 unspecified atom stereocenters. The van der Waals surface area contributed by atoms with Crippen LogP contribution in [0.25, 0.3) is 0 Å². The van der Waals surface area contributed by atoms with Gasteiger partial charge in [-0.3, -0.25) is 4.79 Å². The summed E-state index contributed by atoms with van der Waals surface area (Å²) in [6.45, 7) is 7.85. The Morgan fingerprint density at radius 1 is 1.08 bits per heavy atom. The number of carbonyl (C=O) groups is 1. The van der Waals surface area contributed by atoms with E-state index in [0.717, 1.165) is 26.2 Å². The topological polar surface area (TPSA) is 49.6 Å². The fourth-order valence-corrected chi connectivity index (χ4v) is 5.16. The van der Waals surface area contributed by atoms with Gasteiger partial charge >= 0.3 is 0 Å². The van der Waals surface area contributed by atoms with E-state index in [1.165, 1.54) is 36.1 Å². The van der Waals surface area contributed by atoms with Crippen LogP contribution in [0.2, 0.25) is 0 Å². The number of amides is 1. The molecule has 2 aliphatic carbocycles. The summed E-state index contributed by atoms with van der Waals surface area (Å²) in [7, 11) is 0. The molecule has 4 rings (SSSR count). The van der Waals surface area contributed by atoms with Gasteiger partial charge < -0.3 is 15.5 Å². The standard InChI is InChI=1S/C20H29N3O/c1-13-4-3-5-17(14(13)2)22-8-10-23(11-9-22)20(24)18-15-6-7-16(12-15)19(18)21/h3-5,15-16,18-19H,6-12,21H2,1-2H3. The molecule has 1 aromatic rings. The largest absolute Gasteiger partial charge is 0.368 e. The van der Waals surface area contributed by atoms with Crippen molar-refractivity contribution in [2.45, 2.75) is 39.2 Å². The summed E-state index contributed by atoms with van der Waals surface area (Å²) in [5.41, 5.74) is 10.4. The average molecular weight is 327 g/mol. The first kappa shape index (κ1) is 15.9. The van der Waals surface area contributed by atoms with E-state index >= 15 is 0 Å². The molecule has 2 bridgehead atoms. The number of anilines is 1. The maximum atomic E-state index is 13.0. The predicted octanol–water partition coefficient (Wildman–Crippen LogP) is 2.33. The van der Waals surface area contributed by atoms with Crippen molar-refractivity contribution in [3.8, 4) is 0 Å². The van der Waals surface area contributed by atoms with E-state index in [1.807, 2.05) is 0 Å². The van der Waals surface area contributed by atoms with Crippen molar-refractivity contribution < 1.29 is 4.79 Å². The highest BCUT2D eigenvalue weighted by Gasteiger charge is 2.50. The van der Waals surface area contributed by atoms with Crippen molar-refractivity contribution in [1.82, 2.24) is 4.90 Å². The van der Waals surface area contributed by atoms with Crippen LogP contribution in [-0.4, -0.2) is 43.0 Å². The molecule has 3 aliphatic rings. The second-order valence-corrected chi connectivity index (χ2v) is 7.97. The van der Waals surface area contributed by atoms with Crippen LogP contribution >= 0.6 is 0 Å². The fraction of sp³-hybridized carbons (Fsp3) is 0.650.